The third-order valence-corrected chi connectivity index (χ3v) is 6.49. The molecular weight excluding hydrogens is 406 g/mol. The number of aromatic hydroxyl groups is 1. The summed E-state index contributed by atoms with van der Waals surface area (Å²) in [7, 11) is 0. The molecular formula is C21H17N3O7. The van der Waals surface area contributed by atoms with Gasteiger partial charge in [0.2, 0.25) is 5.78 Å². The number of nitrogens with two attached hydrogens (primary N) is 1. The maximum absolute atomic E-state index is 13.4. The van der Waals surface area contributed by atoms with Crippen LogP contribution in [-0.2, 0) is 20.8 Å². The second kappa shape index (κ2) is 6.11. The number of phenolic OH excluding ortho intramolecular Hbond substituents is 1. The Bertz CT molecular complexity index is 1300. The predicted molar refractivity (Wildman–Crippen MR) is 104 cm³/mol. The van der Waals surface area contributed by atoms with Gasteiger partial charge in [-0.05, 0) is 30.4 Å². The molecule has 3 aliphatic rings. The zero-order valence-corrected chi connectivity index (χ0v) is 16.0. The molecule has 3 atom stereocenters. The van der Waals surface area contributed by atoms with Crippen LogP contribution in [0.5, 0.6) is 5.75 Å². The van der Waals surface area contributed by atoms with Crippen LogP contribution in [0.3, 0.4) is 0 Å². The minimum absolute atomic E-state index is 0.000120. The summed E-state index contributed by atoms with van der Waals surface area (Å²) in [6.45, 7) is 0. The van der Waals surface area contributed by atoms with Crippen molar-refractivity contribution in [1.82, 2.24) is 9.97 Å². The normalized spacial score (nSPS) is 27.8. The lowest BCUT2D eigenvalue weighted by Crippen LogP contribution is -2.58. The van der Waals surface area contributed by atoms with Crippen molar-refractivity contribution >= 4 is 34.3 Å². The van der Waals surface area contributed by atoms with E-state index in [1.165, 1.54) is 12.4 Å². The van der Waals surface area contributed by atoms with E-state index in [1.54, 1.807) is 6.07 Å². The van der Waals surface area contributed by atoms with Gasteiger partial charge in [-0.25, -0.2) is 4.98 Å². The summed E-state index contributed by atoms with van der Waals surface area (Å²) < 4.78 is 0. The summed E-state index contributed by atoms with van der Waals surface area (Å²) in [4.78, 5) is 45.5. The first-order chi connectivity index (χ1) is 14.7. The van der Waals surface area contributed by atoms with Crippen molar-refractivity contribution in [3.05, 3.63) is 46.5 Å². The number of benzene rings is 1. The fourth-order valence-corrected chi connectivity index (χ4v) is 5.10. The zero-order chi connectivity index (χ0) is 22.2. The summed E-state index contributed by atoms with van der Waals surface area (Å²) in [5, 5.41) is 43.4. The number of hydrogen-bond acceptors (Lipinski definition) is 9. The number of primary amides is 1. The number of ketones is 2. The van der Waals surface area contributed by atoms with Gasteiger partial charge in [0.05, 0.1) is 11.1 Å². The molecule has 2 aromatic rings. The Kier molecular flexibility index (Phi) is 3.78. The Hall–Kier alpha value is -3.79. The van der Waals surface area contributed by atoms with Crippen LogP contribution in [0.2, 0.25) is 0 Å². The van der Waals surface area contributed by atoms with Gasteiger partial charge in [0.1, 0.15) is 22.6 Å². The van der Waals surface area contributed by atoms with E-state index in [9.17, 15) is 34.8 Å². The second-order valence-corrected chi connectivity index (χ2v) is 8.09. The lowest BCUT2D eigenvalue weighted by Gasteiger charge is -2.46. The largest absolute Gasteiger partial charge is 0.508 e. The van der Waals surface area contributed by atoms with Crippen molar-refractivity contribution in [2.24, 2.45) is 17.6 Å². The topological polar surface area (TPSA) is 184 Å². The van der Waals surface area contributed by atoms with Crippen LogP contribution in [0.4, 0.5) is 0 Å². The number of aliphatic hydroxyl groups is 3. The third-order valence-electron chi connectivity index (χ3n) is 6.49. The number of aromatic nitrogens is 2. The smallest absolute Gasteiger partial charge is 0.255 e. The van der Waals surface area contributed by atoms with Crippen molar-refractivity contribution in [1.29, 1.82) is 0 Å². The van der Waals surface area contributed by atoms with E-state index >= 15 is 0 Å². The Morgan fingerprint density at radius 2 is 1.84 bits per heavy atom. The fraction of sp³-hybridized carbons (Fsp3) is 0.286. The first kappa shape index (κ1) is 19.2. The van der Waals surface area contributed by atoms with Gasteiger partial charge in [-0.15, -0.1) is 0 Å². The fourth-order valence-electron chi connectivity index (χ4n) is 5.10. The Morgan fingerprint density at radius 3 is 2.55 bits per heavy atom. The van der Waals surface area contributed by atoms with E-state index in [2.05, 4.69) is 9.97 Å². The number of amides is 1. The highest BCUT2D eigenvalue weighted by atomic mass is 16.3. The molecule has 1 aromatic heterocycles. The Morgan fingerprint density at radius 1 is 1.13 bits per heavy atom. The monoisotopic (exact) mass is 423 g/mol. The van der Waals surface area contributed by atoms with Gasteiger partial charge in [0.15, 0.2) is 17.1 Å². The summed E-state index contributed by atoms with van der Waals surface area (Å²) >= 11 is 0. The van der Waals surface area contributed by atoms with Crippen LogP contribution in [0, 0.1) is 11.8 Å². The Labute approximate surface area is 174 Å². The number of nitrogens with zero attached hydrogens (tertiary/aromatic N) is 2. The molecule has 1 amide bonds. The van der Waals surface area contributed by atoms with E-state index in [0.29, 0.717) is 11.1 Å². The Balaban J connectivity index is 1.74. The van der Waals surface area contributed by atoms with Crippen molar-refractivity contribution in [2.75, 3.05) is 0 Å². The predicted octanol–water partition coefficient (Wildman–Crippen LogP) is 0.367. The molecule has 1 aromatic carbocycles. The molecule has 0 bridgehead atoms. The molecule has 5 rings (SSSR count). The van der Waals surface area contributed by atoms with Crippen LogP contribution >= 0.6 is 0 Å². The molecule has 0 radical (unpaired) electrons. The molecule has 6 N–H and O–H groups in total. The lowest BCUT2D eigenvalue weighted by molar-refractivity contribution is -0.147. The highest BCUT2D eigenvalue weighted by Gasteiger charge is 2.60. The zero-order valence-electron chi connectivity index (χ0n) is 16.0. The third kappa shape index (κ3) is 2.33. The molecule has 1 saturated carbocycles. The molecule has 1 unspecified atom stereocenters. The van der Waals surface area contributed by atoms with Gasteiger partial charge in [-0.2, -0.15) is 0 Å². The molecule has 3 aliphatic carbocycles. The molecule has 0 saturated heterocycles. The SMILES string of the molecule is NC(=O)C1=C(O)[C@@]2(O)C(=O)C3=C(O)c4c(cc5nccnc5c4O)CC3C[C@H]2CC1=O. The molecule has 10 nitrogen and oxygen atoms in total. The lowest BCUT2D eigenvalue weighted by atomic mass is 9.59. The molecule has 1 fully saturated rings. The molecule has 31 heavy (non-hydrogen) atoms. The van der Waals surface area contributed by atoms with Gasteiger partial charge < -0.3 is 26.2 Å². The number of phenols is 1. The maximum atomic E-state index is 13.4. The number of hydrogen-bond donors (Lipinski definition) is 5. The molecule has 0 aliphatic heterocycles. The maximum Gasteiger partial charge on any atom is 0.255 e. The van der Waals surface area contributed by atoms with Gasteiger partial charge >= 0.3 is 0 Å². The standard InChI is InChI=1S/C21H17N3O7/c22-20(30)14-11(25)6-9-4-7-3-8-5-10-15(24-2-1-23-10)17(27)12(8)16(26)13(7)18(28)21(9,31)19(14)29/h1-2,5,7,9,26-27,29,31H,3-4,6H2,(H2,22,30)/t7?,9-,21-/m0/s1. The average molecular weight is 423 g/mol. The number of fused-ring (bicyclic) bond motifs is 4. The first-order valence-corrected chi connectivity index (χ1v) is 9.59. The molecule has 1 heterocycles. The van der Waals surface area contributed by atoms with Gasteiger partial charge in [0, 0.05) is 30.3 Å². The average Bonchev–Trinajstić information content (AvgIpc) is 2.70. The highest BCUT2D eigenvalue weighted by molar-refractivity contribution is 6.22. The summed E-state index contributed by atoms with van der Waals surface area (Å²) in [5.74, 6) is -6.59. The van der Waals surface area contributed by atoms with Gasteiger partial charge in [0.25, 0.3) is 5.91 Å². The van der Waals surface area contributed by atoms with E-state index in [1.807, 2.05) is 0 Å². The van der Waals surface area contributed by atoms with E-state index in [-0.39, 0.29) is 41.7 Å². The van der Waals surface area contributed by atoms with Crippen molar-refractivity contribution in [2.45, 2.75) is 24.9 Å². The quantitative estimate of drug-likeness (QED) is 0.404. The molecule has 10 heteroatoms. The van der Waals surface area contributed by atoms with Crippen molar-refractivity contribution < 1.29 is 34.8 Å². The summed E-state index contributed by atoms with van der Waals surface area (Å²) in [5.41, 5.74) is 2.67. The van der Waals surface area contributed by atoms with Crippen LogP contribution in [0.15, 0.2) is 35.4 Å². The number of carbonyl (C=O) groups excluding carboxylic acids is 3. The van der Waals surface area contributed by atoms with E-state index < -0.39 is 52.0 Å². The van der Waals surface area contributed by atoms with Crippen LogP contribution < -0.4 is 5.73 Å². The minimum Gasteiger partial charge on any atom is -0.508 e. The number of aliphatic hydroxyl groups excluding tert-OH is 2. The highest BCUT2D eigenvalue weighted by Crippen LogP contribution is 2.52. The molecule has 0 spiro atoms. The van der Waals surface area contributed by atoms with Crippen molar-refractivity contribution in [3.63, 3.8) is 0 Å². The van der Waals surface area contributed by atoms with Crippen molar-refractivity contribution in [3.8, 4) is 5.75 Å². The number of carbonyl (C=O) groups is 3. The summed E-state index contributed by atoms with van der Waals surface area (Å²) in [6.07, 6.45) is 2.80. The second-order valence-electron chi connectivity index (χ2n) is 8.09. The van der Waals surface area contributed by atoms with Gasteiger partial charge in [-0.1, -0.05) is 0 Å². The first-order valence-electron chi connectivity index (χ1n) is 9.59. The number of rotatable bonds is 1. The minimum atomic E-state index is -2.57. The number of Topliss-reactive ketones (excluding diaryl/α,β-unsaturated/α-hetero) is 2. The van der Waals surface area contributed by atoms with Crippen LogP contribution in [-0.4, -0.2) is 53.5 Å². The summed E-state index contributed by atoms with van der Waals surface area (Å²) in [6, 6.07) is 1.66. The van der Waals surface area contributed by atoms with Crippen LogP contribution in [0.1, 0.15) is 24.0 Å². The van der Waals surface area contributed by atoms with E-state index in [4.69, 9.17) is 5.73 Å². The molecule has 158 valence electrons. The van der Waals surface area contributed by atoms with Gasteiger partial charge in [-0.3, -0.25) is 19.4 Å². The van der Waals surface area contributed by atoms with Crippen LogP contribution in [0.25, 0.3) is 16.8 Å². The van der Waals surface area contributed by atoms with E-state index in [0.717, 1.165) is 0 Å².